The first kappa shape index (κ1) is 15.0. The van der Waals surface area contributed by atoms with Crippen molar-refractivity contribution in [2.75, 3.05) is 19.0 Å². The summed E-state index contributed by atoms with van der Waals surface area (Å²) in [6.07, 6.45) is 3.02. The van der Waals surface area contributed by atoms with E-state index in [4.69, 9.17) is 4.74 Å². The van der Waals surface area contributed by atoms with Crippen LogP contribution in [0.4, 0.5) is 5.69 Å². The standard InChI is InChI=1S/C14H18BrN3O2/c1-20-10-12-13(15)4-2-5-14(12)16-8-11(19)9-18-7-3-6-17-18/h2-7,11,16,19H,8-10H2,1H3. The molecule has 6 heteroatoms. The van der Waals surface area contributed by atoms with Gasteiger partial charge in [-0.25, -0.2) is 0 Å². The highest BCUT2D eigenvalue weighted by atomic mass is 79.9. The summed E-state index contributed by atoms with van der Waals surface area (Å²) in [4.78, 5) is 0. The summed E-state index contributed by atoms with van der Waals surface area (Å²) < 4.78 is 7.90. The molecule has 0 aliphatic rings. The van der Waals surface area contributed by atoms with E-state index in [0.29, 0.717) is 19.7 Å². The Hall–Kier alpha value is -1.37. The predicted molar refractivity (Wildman–Crippen MR) is 81.6 cm³/mol. The number of halogens is 1. The number of hydrogen-bond acceptors (Lipinski definition) is 4. The van der Waals surface area contributed by atoms with Gasteiger partial charge in [0.2, 0.25) is 0 Å². The van der Waals surface area contributed by atoms with Gasteiger partial charge < -0.3 is 15.2 Å². The van der Waals surface area contributed by atoms with Crippen LogP contribution in [0.25, 0.3) is 0 Å². The first-order chi connectivity index (χ1) is 9.70. The van der Waals surface area contributed by atoms with Crippen LogP contribution in [0.5, 0.6) is 0 Å². The fourth-order valence-corrected chi connectivity index (χ4v) is 2.41. The van der Waals surface area contributed by atoms with Gasteiger partial charge in [-0.2, -0.15) is 5.10 Å². The summed E-state index contributed by atoms with van der Waals surface area (Å²) in [7, 11) is 1.66. The lowest BCUT2D eigenvalue weighted by molar-refractivity contribution is 0.161. The van der Waals surface area contributed by atoms with Gasteiger partial charge in [0, 0.05) is 41.8 Å². The second kappa shape index (κ2) is 7.42. The molecule has 1 atom stereocenters. The molecular weight excluding hydrogens is 322 g/mol. The smallest absolute Gasteiger partial charge is 0.0907 e. The zero-order valence-electron chi connectivity index (χ0n) is 11.3. The van der Waals surface area contributed by atoms with E-state index in [2.05, 4.69) is 26.3 Å². The van der Waals surface area contributed by atoms with Crippen molar-refractivity contribution in [2.24, 2.45) is 0 Å². The van der Waals surface area contributed by atoms with Crippen LogP contribution >= 0.6 is 15.9 Å². The number of rotatable bonds is 7. The van der Waals surface area contributed by atoms with E-state index in [1.54, 1.807) is 18.0 Å². The lowest BCUT2D eigenvalue weighted by Gasteiger charge is -2.16. The van der Waals surface area contributed by atoms with Gasteiger partial charge in [-0.15, -0.1) is 0 Å². The van der Waals surface area contributed by atoms with Gasteiger partial charge in [-0.05, 0) is 18.2 Å². The number of nitrogens with one attached hydrogen (secondary N) is 1. The molecule has 0 spiro atoms. The number of aliphatic hydroxyl groups excluding tert-OH is 1. The molecule has 2 aromatic rings. The summed E-state index contributed by atoms with van der Waals surface area (Å²) in [5, 5.41) is 17.3. The molecule has 2 N–H and O–H groups in total. The van der Waals surface area contributed by atoms with Crippen LogP contribution < -0.4 is 5.32 Å². The van der Waals surface area contributed by atoms with Gasteiger partial charge in [-0.1, -0.05) is 22.0 Å². The minimum atomic E-state index is -0.510. The molecule has 0 saturated heterocycles. The van der Waals surface area contributed by atoms with E-state index in [1.807, 2.05) is 30.5 Å². The van der Waals surface area contributed by atoms with Crippen LogP contribution in [-0.2, 0) is 17.9 Å². The fourth-order valence-electron chi connectivity index (χ4n) is 1.93. The van der Waals surface area contributed by atoms with Crippen molar-refractivity contribution in [1.82, 2.24) is 9.78 Å². The third-order valence-electron chi connectivity index (χ3n) is 2.89. The quantitative estimate of drug-likeness (QED) is 0.812. The first-order valence-electron chi connectivity index (χ1n) is 6.36. The summed E-state index contributed by atoms with van der Waals surface area (Å²) >= 11 is 3.51. The van der Waals surface area contributed by atoms with E-state index < -0.39 is 6.10 Å². The number of aliphatic hydroxyl groups is 1. The zero-order valence-corrected chi connectivity index (χ0v) is 12.9. The summed E-state index contributed by atoms with van der Waals surface area (Å²) in [6.45, 7) is 1.43. The van der Waals surface area contributed by atoms with Crippen LogP contribution in [0.3, 0.4) is 0 Å². The number of ether oxygens (including phenoxy) is 1. The van der Waals surface area contributed by atoms with E-state index >= 15 is 0 Å². The number of methoxy groups -OCH3 is 1. The molecule has 0 saturated carbocycles. The second-order valence-corrected chi connectivity index (χ2v) is 5.32. The minimum absolute atomic E-state index is 0.451. The normalized spacial score (nSPS) is 12.3. The molecule has 1 unspecified atom stereocenters. The Kier molecular flexibility index (Phi) is 5.58. The SMILES string of the molecule is COCc1c(Br)cccc1NCC(O)Cn1cccn1. The molecular formula is C14H18BrN3O2. The lowest BCUT2D eigenvalue weighted by atomic mass is 10.2. The Morgan fingerprint density at radius 2 is 2.30 bits per heavy atom. The van der Waals surface area contributed by atoms with E-state index in [-0.39, 0.29) is 0 Å². The Bertz CT molecular complexity index is 531. The summed E-state index contributed by atoms with van der Waals surface area (Å²) in [5.74, 6) is 0. The minimum Gasteiger partial charge on any atom is -0.389 e. The van der Waals surface area contributed by atoms with Crippen molar-refractivity contribution in [3.63, 3.8) is 0 Å². The molecule has 0 amide bonds. The molecule has 108 valence electrons. The summed E-state index contributed by atoms with van der Waals surface area (Å²) in [6, 6.07) is 7.73. The largest absolute Gasteiger partial charge is 0.389 e. The molecule has 0 radical (unpaired) electrons. The Balaban J connectivity index is 1.94. The molecule has 0 bridgehead atoms. The highest BCUT2D eigenvalue weighted by molar-refractivity contribution is 9.10. The van der Waals surface area contributed by atoms with Gasteiger partial charge in [-0.3, -0.25) is 4.68 Å². The molecule has 1 heterocycles. The molecule has 0 aliphatic heterocycles. The summed E-state index contributed by atoms with van der Waals surface area (Å²) in [5.41, 5.74) is 2.00. The number of aromatic nitrogens is 2. The van der Waals surface area contributed by atoms with E-state index in [9.17, 15) is 5.11 Å². The van der Waals surface area contributed by atoms with Crippen LogP contribution in [-0.4, -0.2) is 34.6 Å². The molecule has 5 nitrogen and oxygen atoms in total. The first-order valence-corrected chi connectivity index (χ1v) is 7.15. The van der Waals surface area contributed by atoms with Crippen LogP contribution in [0.15, 0.2) is 41.1 Å². The van der Waals surface area contributed by atoms with Gasteiger partial charge in [0.25, 0.3) is 0 Å². The predicted octanol–water partition coefficient (Wildman–Crippen LogP) is 2.26. The van der Waals surface area contributed by atoms with Crippen molar-refractivity contribution in [1.29, 1.82) is 0 Å². The van der Waals surface area contributed by atoms with Gasteiger partial charge in [0.15, 0.2) is 0 Å². The monoisotopic (exact) mass is 339 g/mol. The van der Waals surface area contributed by atoms with Crippen molar-refractivity contribution in [3.8, 4) is 0 Å². The topological polar surface area (TPSA) is 59.3 Å². The van der Waals surface area contributed by atoms with E-state index in [0.717, 1.165) is 15.7 Å². The van der Waals surface area contributed by atoms with Gasteiger partial charge in [0.1, 0.15) is 0 Å². The molecule has 20 heavy (non-hydrogen) atoms. The van der Waals surface area contributed by atoms with Crippen LogP contribution in [0.1, 0.15) is 5.56 Å². The average Bonchev–Trinajstić information content (AvgIpc) is 2.92. The number of benzene rings is 1. The van der Waals surface area contributed by atoms with Crippen LogP contribution in [0, 0.1) is 0 Å². The molecule has 0 fully saturated rings. The molecule has 0 aliphatic carbocycles. The number of hydrogen-bond donors (Lipinski definition) is 2. The third kappa shape index (κ3) is 4.06. The zero-order chi connectivity index (χ0) is 14.4. The Morgan fingerprint density at radius 3 is 3.00 bits per heavy atom. The third-order valence-corrected chi connectivity index (χ3v) is 3.64. The van der Waals surface area contributed by atoms with Gasteiger partial charge in [0.05, 0.1) is 19.3 Å². The maximum atomic E-state index is 10.0. The Labute approximate surface area is 126 Å². The van der Waals surface area contributed by atoms with Crippen molar-refractivity contribution < 1.29 is 9.84 Å². The van der Waals surface area contributed by atoms with Gasteiger partial charge >= 0.3 is 0 Å². The highest BCUT2D eigenvalue weighted by Crippen LogP contribution is 2.25. The number of anilines is 1. The number of nitrogens with zero attached hydrogens (tertiary/aromatic N) is 2. The molecule has 1 aromatic heterocycles. The fraction of sp³-hybridized carbons (Fsp3) is 0.357. The van der Waals surface area contributed by atoms with Crippen molar-refractivity contribution in [3.05, 3.63) is 46.7 Å². The lowest BCUT2D eigenvalue weighted by Crippen LogP contribution is -2.25. The highest BCUT2D eigenvalue weighted by Gasteiger charge is 2.09. The maximum absolute atomic E-state index is 10.0. The molecule has 1 aromatic carbocycles. The second-order valence-electron chi connectivity index (χ2n) is 4.46. The van der Waals surface area contributed by atoms with Crippen LogP contribution in [0.2, 0.25) is 0 Å². The molecule has 2 rings (SSSR count). The average molecular weight is 340 g/mol. The maximum Gasteiger partial charge on any atom is 0.0907 e. The van der Waals surface area contributed by atoms with E-state index in [1.165, 1.54) is 0 Å². The Morgan fingerprint density at radius 1 is 1.45 bits per heavy atom. The van der Waals surface area contributed by atoms with Crippen molar-refractivity contribution >= 4 is 21.6 Å². The van der Waals surface area contributed by atoms with Crippen molar-refractivity contribution in [2.45, 2.75) is 19.3 Å².